The number of amides is 2. The minimum atomic E-state index is -0.686. The second-order valence-electron chi connectivity index (χ2n) is 9.44. The van der Waals surface area contributed by atoms with E-state index in [9.17, 15) is 9.59 Å². The Labute approximate surface area is 227 Å². The summed E-state index contributed by atoms with van der Waals surface area (Å²) in [7, 11) is 1.47. The van der Waals surface area contributed by atoms with Gasteiger partial charge in [-0.1, -0.05) is 17.7 Å². The molecule has 0 spiro atoms. The van der Waals surface area contributed by atoms with E-state index in [1.54, 1.807) is 17.2 Å². The van der Waals surface area contributed by atoms with Gasteiger partial charge in [0.05, 0.1) is 32.1 Å². The number of aryl methyl sites for hydroxylation is 1. The van der Waals surface area contributed by atoms with Crippen molar-refractivity contribution in [2.75, 3.05) is 32.2 Å². The molecule has 1 aliphatic rings. The highest BCUT2D eigenvalue weighted by Gasteiger charge is 2.33. The van der Waals surface area contributed by atoms with Crippen LogP contribution in [-0.4, -0.2) is 81.6 Å². The van der Waals surface area contributed by atoms with Crippen molar-refractivity contribution < 1.29 is 28.5 Å². The van der Waals surface area contributed by atoms with Crippen molar-refractivity contribution in [2.24, 2.45) is 0 Å². The average Bonchev–Trinajstić information content (AvgIpc) is 3.57. The molecule has 1 N–H and O–H groups in total. The van der Waals surface area contributed by atoms with E-state index < -0.39 is 6.10 Å². The maximum atomic E-state index is 13.0. The molecule has 1 aromatic carbocycles. The van der Waals surface area contributed by atoms with Crippen LogP contribution >= 0.6 is 0 Å². The Morgan fingerprint density at radius 1 is 1.23 bits per heavy atom. The molecule has 3 heterocycles. The summed E-state index contributed by atoms with van der Waals surface area (Å²) in [6.45, 7) is 7.04. The molecule has 0 aliphatic carbocycles. The summed E-state index contributed by atoms with van der Waals surface area (Å²) >= 11 is 0. The molecule has 2 atom stereocenters. The number of ether oxygens (including phenoxy) is 4. The van der Waals surface area contributed by atoms with Crippen LogP contribution < -0.4 is 19.5 Å². The first-order valence-corrected chi connectivity index (χ1v) is 12.8. The number of carbonyl (C=O) groups excluding carboxylic acids is 2. The molecule has 39 heavy (non-hydrogen) atoms. The van der Waals surface area contributed by atoms with Crippen LogP contribution in [0, 0.1) is 6.92 Å². The first-order chi connectivity index (χ1) is 18.8. The fourth-order valence-corrected chi connectivity index (χ4v) is 4.06. The molecule has 3 aromatic rings. The maximum Gasteiger partial charge on any atom is 0.319 e. The predicted octanol–water partition coefficient (Wildman–Crippen LogP) is 2.48. The van der Waals surface area contributed by atoms with E-state index in [4.69, 9.17) is 18.9 Å². The van der Waals surface area contributed by atoms with Crippen LogP contribution in [0.3, 0.4) is 0 Å². The van der Waals surface area contributed by atoms with Gasteiger partial charge in [0.1, 0.15) is 31.1 Å². The van der Waals surface area contributed by atoms with Crippen molar-refractivity contribution in [3.05, 3.63) is 54.5 Å². The van der Waals surface area contributed by atoms with Crippen LogP contribution in [0.4, 0.5) is 5.69 Å². The van der Waals surface area contributed by atoms with Gasteiger partial charge in [-0.2, -0.15) is 10.1 Å². The Morgan fingerprint density at radius 2 is 2.03 bits per heavy atom. The largest absolute Gasteiger partial charge is 0.492 e. The Bertz CT molecular complexity index is 1250. The smallest absolute Gasteiger partial charge is 0.319 e. The molecule has 0 unspecified atom stereocenters. The third-order valence-corrected chi connectivity index (χ3v) is 6.09. The molecule has 0 bridgehead atoms. The highest BCUT2D eigenvalue weighted by Crippen LogP contribution is 2.21. The fourth-order valence-electron chi connectivity index (χ4n) is 4.06. The minimum absolute atomic E-state index is 0.00744. The van der Waals surface area contributed by atoms with E-state index in [1.165, 1.54) is 24.2 Å². The van der Waals surface area contributed by atoms with Crippen molar-refractivity contribution in [1.82, 2.24) is 24.6 Å². The summed E-state index contributed by atoms with van der Waals surface area (Å²) < 4.78 is 23.7. The van der Waals surface area contributed by atoms with Gasteiger partial charge in [0, 0.05) is 30.9 Å². The first kappa shape index (κ1) is 27.8. The third-order valence-electron chi connectivity index (χ3n) is 6.09. The number of anilines is 1. The number of hydrogen-bond donors (Lipinski definition) is 1. The van der Waals surface area contributed by atoms with E-state index in [0.717, 1.165) is 11.3 Å². The second-order valence-corrected chi connectivity index (χ2v) is 9.44. The first-order valence-electron chi connectivity index (χ1n) is 12.8. The Balaban J connectivity index is 1.24. The number of methoxy groups -OCH3 is 1. The molecule has 0 radical (unpaired) electrons. The Morgan fingerprint density at radius 3 is 2.77 bits per heavy atom. The van der Waals surface area contributed by atoms with E-state index >= 15 is 0 Å². The zero-order valence-corrected chi connectivity index (χ0v) is 22.6. The van der Waals surface area contributed by atoms with Crippen LogP contribution in [0.2, 0.25) is 0 Å². The zero-order chi connectivity index (χ0) is 27.8. The molecule has 0 saturated carbocycles. The Kier molecular flexibility index (Phi) is 9.31. The van der Waals surface area contributed by atoms with Crippen LogP contribution in [0.5, 0.6) is 17.6 Å². The molecule has 4 rings (SSSR count). The number of nitrogens with one attached hydrogen (secondary N) is 1. The maximum absolute atomic E-state index is 13.0. The van der Waals surface area contributed by atoms with Crippen molar-refractivity contribution in [3.63, 3.8) is 0 Å². The lowest BCUT2D eigenvalue weighted by atomic mass is 10.2. The van der Waals surface area contributed by atoms with Gasteiger partial charge in [-0.25, -0.2) is 4.98 Å². The monoisotopic (exact) mass is 538 g/mol. The summed E-state index contributed by atoms with van der Waals surface area (Å²) in [6, 6.07) is 9.60. The highest BCUT2D eigenvalue weighted by molar-refractivity contribution is 5.94. The predicted molar refractivity (Wildman–Crippen MR) is 142 cm³/mol. The van der Waals surface area contributed by atoms with Crippen molar-refractivity contribution in [3.8, 4) is 17.6 Å². The topological polar surface area (TPSA) is 130 Å². The Hall–Kier alpha value is -4.19. The quantitative estimate of drug-likeness (QED) is 0.370. The van der Waals surface area contributed by atoms with E-state index in [1.807, 2.05) is 45.0 Å². The number of hydrogen-bond acceptors (Lipinski definition) is 9. The standard InChI is InChI=1S/C27H34N6O6/c1-18(2)33(11-12-37-21-7-5-19(3)6-8-21)25(34)16-32-15-20(14-29-32)30-26(35)23-13-22(17-38-23)39-24-9-10-28-27(31-24)36-4/h5-10,14-15,18,22-23H,11-13,16-17H2,1-4H3,(H,30,35)/t22-,23+/m1/s1. The van der Waals surface area contributed by atoms with Gasteiger partial charge in [-0.15, -0.1) is 0 Å². The lowest BCUT2D eigenvalue weighted by molar-refractivity contribution is -0.134. The van der Waals surface area contributed by atoms with Crippen LogP contribution in [0.1, 0.15) is 25.8 Å². The van der Waals surface area contributed by atoms with Crippen LogP contribution in [0.25, 0.3) is 0 Å². The summed E-state index contributed by atoms with van der Waals surface area (Å²) in [6.07, 6.45) is 3.99. The molecule has 1 fully saturated rings. The molecular weight excluding hydrogens is 504 g/mol. The normalized spacial score (nSPS) is 16.6. The fraction of sp³-hybridized carbons (Fsp3) is 0.444. The number of carbonyl (C=O) groups is 2. The van der Waals surface area contributed by atoms with Gasteiger partial charge in [0.15, 0.2) is 0 Å². The lowest BCUT2D eigenvalue weighted by Crippen LogP contribution is -2.41. The molecular formula is C27H34N6O6. The summed E-state index contributed by atoms with van der Waals surface area (Å²) in [5.74, 6) is 0.700. The second kappa shape index (κ2) is 13.1. The molecule has 208 valence electrons. The molecule has 2 amide bonds. The summed E-state index contributed by atoms with van der Waals surface area (Å²) in [4.78, 5) is 35.5. The van der Waals surface area contributed by atoms with Crippen LogP contribution in [-0.2, 0) is 20.9 Å². The molecule has 12 heteroatoms. The molecule has 12 nitrogen and oxygen atoms in total. The van der Waals surface area contributed by atoms with E-state index in [-0.39, 0.29) is 43.1 Å². The average molecular weight is 539 g/mol. The van der Waals surface area contributed by atoms with Gasteiger partial charge in [-0.05, 0) is 32.9 Å². The van der Waals surface area contributed by atoms with E-state index in [2.05, 4.69) is 20.4 Å². The lowest BCUT2D eigenvalue weighted by Gasteiger charge is -2.26. The minimum Gasteiger partial charge on any atom is -0.492 e. The number of nitrogens with zero attached hydrogens (tertiary/aromatic N) is 5. The summed E-state index contributed by atoms with van der Waals surface area (Å²) in [5.41, 5.74) is 1.63. The van der Waals surface area contributed by atoms with Gasteiger partial charge in [0.25, 0.3) is 5.91 Å². The molecule has 2 aromatic heterocycles. The number of rotatable bonds is 12. The van der Waals surface area contributed by atoms with Gasteiger partial charge in [0.2, 0.25) is 11.8 Å². The van der Waals surface area contributed by atoms with E-state index in [0.29, 0.717) is 31.1 Å². The van der Waals surface area contributed by atoms with Crippen LogP contribution in [0.15, 0.2) is 48.9 Å². The van der Waals surface area contributed by atoms with Crippen molar-refractivity contribution >= 4 is 17.5 Å². The highest BCUT2D eigenvalue weighted by atomic mass is 16.6. The molecule has 1 saturated heterocycles. The van der Waals surface area contributed by atoms with Gasteiger partial charge >= 0.3 is 6.01 Å². The summed E-state index contributed by atoms with van der Waals surface area (Å²) in [5, 5.41) is 7.03. The van der Waals surface area contributed by atoms with Crippen molar-refractivity contribution in [2.45, 2.75) is 52.0 Å². The molecule has 1 aliphatic heterocycles. The SMILES string of the molecule is COc1nccc(O[C@H]2CO[C@H](C(=O)Nc3cnn(CC(=O)N(CCOc4ccc(C)cc4)C(C)C)c3)C2)n1. The third kappa shape index (κ3) is 7.90. The number of aromatic nitrogens is 4. The number of benzene rings is 1. The zero-order valence-electron chi connectivity index (χ0n) is 22.6. The van der Waals surface area contributed by atoms with Crippen molar-refractivity contribution in [1.29, 1.82) is 0 Å². The van der Waals surface area contributed by atoms with Gasteiger partial charge in [-0.3, -0.25) is 14.3 Å². The van der Waals surface area contributed by atoms with Gasteiger partial charge < -0.3 is 29.2 Å².